The summed E-state index contributed by atoms with van der Waals surface area (Å²) in [5.74, 6) is 0. The van der Waals surface area contributed by atoms with Crippen molar-refractivity contribution in [1.82, 2.24) is 0 Å². The van der Waals surface area contributed by atoms with Crippen molar-refractivity contribution in [2.75, 3.05) is 19.0 Å². The Labute approximate surface area is 129 Å². The van der Waals surface area contributed by atoms with Crippen molar-refractivity contribution in [2.24, 2.45) is 0 Å². The standard InChI is InChI=1S/C16H17Cl2NO/c1-19(2)14-5-3-4-12(8-14)16(20)9-11-6-7-13(17)10-15(11)18/h3-8,10,16,20H,9H2,1-2H3. The van der Waals surface area contributed by atoms with Crippen LogP contribution in [0.4, 0.5) is 5.69 Å². The van der Waals surface area contributed by atoms with Crippen LogP contribution in [0.3, 0.4) is 0 Å². The Hall–Kier alpha value is -1.22. The van der Waals surface area contributed by atoms with E-state index in [0.717, 1.165) is 16.8 Å². The lowest BCUT2D eigenvalue weighted by Gasteiger charge is -2.17. The summed E-state index contributed by atoms with van der Waals surface area (Å²) >= 11 is 12.0. The highest BCUT2D eigenvalue weighted by Crippen LogP contribution is 2.27. The summed E-state index contributed by atoms with van der Waals surface area (Å²) < 4.78 is 0. The van der Waals surface area contributed by atoms with Crippen molar-refractivity contribution in [3.8, 4) is 0 Å². The van der Waals surface area contributed by atoms with Crippen molar-refractivity contribution in [1.29, 1.82) is 0 Å². The number of aliphatic hydroxyl groups excluding tert-OH is 1. The third kappa shape index (κ3) is 3.66. The molecule has 0 heterocycles. The van der Waals surface area contributed by atoms with Gasteiger partial charge in [0.25, 0.3) is 0 Å². The fraction of sp³-hybridized carbons (Fsp3) is 0.250. The number of nitrogens with zero attached hydrogens (tertiary/aromatic N) is 1. The molecule has 0 bridgehead atoms. The van der Waals surface area contributed by atoms with Crippen molar-refractivity contribution < 1.29 is 5.11 Å². The molecule has 4 heteroatoms. The highest BCUT2D eigenvalue weighted by Gasteiger charge is 2.12. The average molecular weight is 310 g/mol. The summed E-state index contributed by atoms with van der Waals surface area (Å²) in [6, 6.07) is 13.2. The first kappa shape index (κ1) is 15.2. The van der Waals surface area contributed by atoms with Crippen LogP contribution in [0.15, 0.2) is 42.5 Å². The fourth-order valence-corrected chi connectivity index (χ4v) is 2.51. The molecule has 1 unspecified atom stereocenters. The molecule has 20 heavy (non-hydrogen) atoms. The minimum absolute atomic E-state index is 0.465. The summed E-state index contributed by atoms with van der Waals surface area (Å²) in [7, 11) is 3.95. The van der Waals surface area contributed by atoms with Gasteiger partial charge in [0, 0.05) is 36.2 Å². The number of rotatable bonds is 4. The van der Waals surface area contributed by atoms with Crippen LogP contribution < -0.4 is 4.90 Å². The normalized spacial score (nSPS) is 12.2. The van der Waals surface area contributed by atoms with E-state index in [-0.39, 0.29) is 0 Å². The molecular formula is C16H17Cl2NO. The third-order valence-electron chi connectivity index (χ3n) is 3.20. The van der Waals surface area contributed by atoms with Gasteiger partial charge in [-0.15, -0.1) is 0 Å². The van der Waals surface area contributed by atoms with E-state index in [0.29, 0.717) is 16.5 Å². The first-order chi connectivity index (χ1) is 9.47. The summed E-state index contributed by atoms with van der Waals surface area (Å²) in [6.07, 6.45) is -0.124. The summed E-state index contributed by atoms with van der Waals surface area (Å²) in [6.45, 7) is 0. The predicted molar refractivity (Wildman–Crippen MR) is 85.9 cm³/mol. The third-order valence-corrected chi connectivity index (χ3v) is 3.79. The molecule has 2 nitrogen and oxygen atoms in total. The van der Waals surface area contributed by atoms with Gasteiger partial charge < -0.3 is 10.0 Å². The zero-order chi connectivity index (χ0) is 14.7. The largest absolute Gasteiger partial charge is 0.388 e. The van der Waals surface area contributed by atoms with Crippen LogP contribution in [-0.4, -0.2) is 19.2 Å². The molecular weight excluding hydrogens is 293 g/mol. The van der Waals surface area contributed by atoms with Gasteiger partial charge in [-0.2, -0.15) is 0 Å². The summed E-state index contributed by atoms with van der Waals surface area (Å²) in [5.41, 5.74) is 2.82. The Balaban J connectivity index is 2.19. The number of halogens is 2. The van der Waals surface area contributed by atoms with Crippen molar-refractivity contribution in [3.63, 3.8) is 0 Å². The molecule has 0 aromatic heterocycles. The first-order valence-corrected chi connectivity index (χ1v) is 7.12. The molecule has 0 radical (unpaired) electrons. The lowest BCUT2D eigenvalue weighted by atomic mass is 10.0. The highest BCUT2D eigenvalue weighted by molar-refractivity contribution is 6.35. The van der Waals surface area contributed by atoms with Crippen LogP contribution in [0, 0.1) is 0 Å². The van der Waals surface area contributed by atoms with Crippen LogP contribution in [0.25, 0.3) is 0 Å². The van der Waals surface area contributed by atoms with Crippen LogP contribution in [0.1, 0.15) is 17.2 Å². The zero-order valence-electron chi connectivity index (χ0n) is 11.5. The molecule has 1 atom stereocenters. The Bertz CT molecular complexity index is 599. The van der Waals surface area contributed by atoms with Crippen LogP contribution in [0.5, 0.6) is 0 Å². The van der Waals surface area contributed by atoms with Gasteiger partial charge in [0.1, 0.15) is 0 Å². The quantitative estimate of drug-likeness (QED) is 0.908. The van der Waals surface area contributed by atoms with Crippen LogP contribution >= 0.6 is 23.2 Å². The molecule has 0 aliphatic heterocycles. The maximum atomic E-state index is 10.4. The van der Waals surface area contributed by atoms with Crippen molar-refractivity contribution >= 4 is 28.9 Å². The molecule has 2 aromatic rings. The van der Waals surface area contributed by atoms with Gasteiger partial charge in [-0.1, -0.05) is 41.4 Å². The lowest BCUT2D eigenvalue weighted by Crippen LogP contribution is -2.10. The summed E-state index contributed by atoms with van der Waals surface area (Å²) in [4.78, 5) is 2.01. The molecule has 0 aliphatic rings. The Morgan fingerprint density at radius 1 is 1.10 bits per heavy atom. The van der Waals surface area contributed by atoms with E-state index in [9.17, 15) is 5.11 Å². The van der Waals surface area contributed by atoms with Gasteiger partial charge in [0.15, 0.2) is 0 Å². The molecule has 0 spiro atoms. The van der Waals surface area contributed by atoms with Gasteiger partial charge >= 0.3 is 0 Å². The summed E-state index contributed by atoms with van der Waals surface area (Å²) in [5, 5.41) is 11.5. The second-order valence-corrected chi connectivity index (χ2v) is 5.79. The maximum Gasteiger partial charge on any atom is 0.0831 e. The van der Waals surface area contributed by atoms with Gasteiger partial charge in [0.05, 0.1) is 6.10 Å². The maximum absolute atomic E-state index is 10.4. The lowest BCUT2D eigenvalue weighted by molar-refractivity contribution is 0.178. The molecule has 0 fully saturated rings. The van der Waals surface area contributed by atoms with E-state index in [1.54, 1.807) is 12.1 Å². The molecule has 2 aromatic carbocycles. The van der Waals surface area contributed by atoms with Gasteiger partial charge in [0.2, 0.25) is 0 Å². The van der Waals surface area contributed by atoms with Crippen LogP contribution in [-0.2, 0) is 6.42 Å². The van der Waals surface area contributed by atoms with Crippen molar-refractivity contribution in [3.05, 3.63) is 63.6 Å². The Morgan fingerprint density at radius 3 is 2.50 bits per heavy atom. The zero-order valence-corrected chi connectivity index (χ0v) is 13.0. The van der Waals surface area contributed by atoms with E-state index in [4.69, 9.17) is 23.2 Å². The predicted octanol–water partition coefficient (Wildman–Crippen LogP) is 4.34. The molecule has 1 N–H and O–H groups in total. The first-order valence-electron chi connectivity index (χ1n) is 6.36. The molecule has 0 aliphatic carbocycles. The minimum Gasteiger partial charge on any atom is -0.388 e. The molecule has 0 saturated carbocycles. The Morgan fingerprint density at radius 2 is 1.85 bits per heavy atom. The molecule has 106 valence electrons. The minimum atomic E-state index is -0.589. The smallest absolute Gasteiger partial charge is 0.0831 e. The van der Waals surface area contributed by atoms with Gasteiger partial charge in [-0.3, -0.25) is 0 Å². The second-order valence-electron chi connectivity index (χ2n) is 4.95. The SMILES string of the molecule is CN(C)c1cccc(C(O)Cc2ccc(Cl)cc2Cl)c1. The number of hydrogen-bond acceptors (Lipinski definition) is 2. The average Bonchev–Trinajstić information content (AvgIpc) is 2.42. The van der Waals surface area contributed by atoms with E-state index in [2.05, 4.69) is 0 Å². The van der Waals surface area contributed by atoms with Gasteiger partial charge in [-0.05, 0) is 35.4 Å². The monoisotopic (exact) mass is 309 g/mol. The molecule has 0 saturated heterocycles. The van der Waals surface area contributed by atoms with E-state index in [1.165, 1.54) is 0 Å². The molecule has 0 amide bonds. The topological polar surface area (TPSA) is 23.5 Å². The number of anilines is 1. The van der Waals surface area contributed by atoms with Crippen LogP contribution in [0.2, 0.25) is 10.0 Å². The molecule has 2 rings (SSSR count). The van der Waals surface area contributed by atoms with Gasteiger partial charge in [-0.25, -0.2) is 0 Å². The number of hydrogen-bond donors (Lipinski definition) is 1. The number of aliphatic hydroxyl groups is 1. The number of benzene rings is 2. The second kappa shape index (κ2) is 6.49. The fourth-order valence-electron chi connectivity index (χ4n) is 2.02. The Kier molecular flexibility index (Phi) is 4.92. The van der Waals surface area contributed by atoms with E-state index < -0.39 is 6.10 Å². The van der Waals surface area contributed by atoms with Crippen molar-refractivity contribution in [2.45, 2.75) is 12.5 Å². The highest BCUT2D eigenvalue weighted by atomic mass is 35.5. The van der Waals surface area contributed by atoms with E-state index >= 15 is 0 Å². The van der Waals surface area contributed by atoms with E-state index in [1.807, 2.05) is 49.3 Å².